The molecule has 0 atom stereocenters. The quantitative estimate of drug-likeness (QED) is 0.764. The number of carboxylic acids is 1. The van der Waals surface area contributed by atoms with E-state index in [4.69, 9.17) is 28.3 Å². The summed E-state index contributed by atoms with van der Waals surface area (Å²) in [6, 6.07) is 9.99. The maximum Gasteiger partial charge on any atom is 0.335 e. The number of rotatable bonds is 2. The Morgan fingerprint density at radius 3 is 2.67 bits per heavy atom. The molecule has 0 bridgehead atoms. The van der Waals surface area contributed by atoms with Crippen molar-refractivity contribution in [3.8, 4) is 5.69 Å². The number of halogens is 2. The number of imidazole rings is 1. The van der Waals surface area contributed by atoms with Gasteiger partial charge in [0.25, 0.3) is 0 Å². The number of aromatic nitrogens is 2. The minimum absolute atomic E-state index is 0.198. The summed E-state index contributed by atoms with van der Waals surface area (Å²) in [7, 11) is 0. The van der Waals surface area contributed by atoms with Gasteiger partial charge >= 0.3 is 5.97 Å². The number of hydrogen-bond donors (Lipinski definition) is 1. The first-order chi connectivity index (χ1) is 9.97. The normalized spacial score (nSPS) is 11.0. The Kier molecular flexibility index (Phi) is 3.35. The number of fused-ring (bicyclic) bond motifs is 1. The molecule has 0 saturated carbocycles. The van der Waals surface area contributed by atoms with Crippen LogP contribution in [0.25, 0.3) is 16.7 Å². The van der Waals surface area contributed by atoms with Crippen LogP contribution in [-0.4, -0.2) is 20.6 Å². The highest BCUT2D eigenvalue weighted by Gasteiger charge is 2.14. The molecule has 0 spiro atoms. The highest BCUT2D eigenvalue weighted by atomic mass is 35.5. The Bertz CT molecular complexity index is 871. The first-order valence-electron chi connectivity index (χ1n) is 6.15. The zero-order valence-electron chi connectivity index (χ0n) is 11.0. The first-order valence-corrected chi connectivity index (χ1v) is 6.91. The Morgan fingerprint density at radius 2 is 1.95 bits per heavy atom. The van der Waals surface area contributed by atoms with Crippen LogP contribution in [0.2, 0.25) is 10.0 Å². The van der Waals surface area contributed by atoms with Crippen LogP contribution in [0, 0.1) is 6.92 Å². The molecule has 0 radical (unpaired) electrons. The average molecular weight is 321 g/mol. The summed E-state index contributed by atoms with van der Waals surface area (Å²) in [5, 5.41) is 10.2. The van der Waals surface area contributed by atoms with Crippen molar-refractivity contribution >= 4 is 40.2 Å². The minimum atomic E-state index is -0.982. The van der Waals surface area contributed by atoms with Crippen molar-refractivity contribution in [2.24, 2.45) is 0 Å². The van der Waals surface area contributed by atoms with Crippen LogP contribution in [0.4, 0.5) is 0 Å². The third-order valence-corrected chi connectivity index (χ3v) is 3.77. The molecule has 4 nitrogen and oxygen atoms in total. The Hall–Kier alpha value is -2.04. The van der Waals surface area contributed by atoms with E-state index in [-0.39, 0.29) is 5.56 Å². The van der Waals surface area contributed by atoms with Gasteiger partial charge in [-0.1, -0.05) is 23.2 Å². The molecule has 1 aromatic heterocycles. The minimum Gasteiger partial charge on any atom is -0.478 e. The van der Waals surface area contributed by atoms with Gasteiger partial charge in [-0.15, -0.1) is 0 Å². The van der Waals surface area contributed by atoms with Crippen molar-refractivity contribution in [3.05, 3.63) is 57.8 Å². The number of hydrogen-bond acceptors (Lipinski definition) is 2. The lowest BCUT2D eigenvalue weighted by Gasteiger charge is -2.09. The molecule has 0 unspecified atom stereocenters. The Labute approximate surface area is 130 Å². The van der Waals surface area contributed by atoms with Crippen molar-refractivity contribution in [1.82, 2.24) is 9.55 Å². The van der Waals surface area contributed by atoms with E-state index < -0.39 is 5.97 Å². The second-order valence-corrected chi connectivity index (χ2v) is 5.44. The molecule has 2 aromatic carbocycles. The third-order valence-electron chi connectivity index (χ3n) is 3.22. The summed E-state index contributed by atoms with van der Waals surface area (Å²) in [6.07, 6.45) is 0. The maximum absolute atomic E-state index is 11.0. The zero-order valence-corrected chi connectivity index (χ0v) is 12.5. The fourth-order valence-electron chi connectivity index (χ4n) is 2.30. The second kappa shape index (κ2) is 5.06. The number of aryl methyl sites for hydroxylation is 1. The summed E-state index contributed by atoms with van der Waals surface area (Å²) in [4.78, 5) is 15.4. The van der Waals surface area contributed by atoms with Crippen LogP contribution in [0.5, 0.6) is 0 Å². The van der Waals surface area contributed by atoms with Gasteiger partial charge in [0.2, 0.25) is 0 Å². The van der Waals surface area contributed by atoms with E-state index in [0.29, 0.717) is 27.1 Å². The van der Waals surface area contributed by atoms with Gasteiger partial charge in [0.05, 0.1) is 27.3 Å². The summed E-state index contributed by atoms with van der Waals surface area (Å²) in [6.45, 7) is 1.83. The molecular weight excluding hydrogens is 311 g/mol. The predicted octanol–water partition coefficient (Wildman–Crippen LogP) is 4.34. The van der Waals surface area contributed by atoms with E-state index in [1.54, 1.807) is 36.4 Å². The van der Waals surface area contributed by atoms with Gasteiger partial charge < -0.3 is 5.11 Å². The Balaban J connectivity index is 2.30. The summed E-state index contributed by atoms with van der Waals surface area (Å²) < 4.78 is 1.86. The third kappa shape index (κ3) is 2.37. The molecule has 0 saturated heterocycles. The van der Waals surface area contributed by atoms with E-state index in [1.807, 2.05) is 11.5 Å². The zero-order chi connectivity index (χ0) is 15.1. The molecular formula is C15H10Cl2N2O2. The lowest BCUT2D eigenvalue weighted by molar-refractivity contribution is 0.0697. The number of benzene rings is 2. The molecule has 0 aliphatic carbocycles. The fourth-order valence-corrected chi connectivity index (χ4v) is 2.66. The predicted molar refractivity (Wildman–Crippen MR) is 82.8 cm³/mol. The van der Waals surface area contributed by atoms with Gasteiger partial charge in [-0.2, -0.15) is 0 Å². The summed E-state index contributed by atoms with van der Waals surface area (Å²) in [5.74, 6) is -0.276. The number of carboxylic acid groups (broad SMARTS) is 1. The average Bonchev–Trinajstić information content (AvgIpc) is 2.76. The molecule has 1 heterocycles. The number of aromatic carboxylic acids is 1. The first kappa shape index (κ1) is 13.9. The van der Waals surface area contributed by atoms with Gasteiger partial charge in [-0.3, -0.25) is 4.57 Å². The lowest BCUT2D eigenvalue weighted by Crippen LogP contribution is -1.99. The highest BCUT2D eigenvalue weighted by Crippen LogP contribution is 2.29. The largest absolute Gasteiger partial charge is 0.478 e. The van der Waals surface area contributed by atoms with E-state index in [9.17, 15) is 4.79 Å². The van der Waals surface area contributed by atoms with Crippen molar-refractivity contribution < 1.29 is 9.90 Å². The topological polar surface area (TPSA) is 55.1 Å². The summed E-state index contributed by atoms with van der Waals surface area (Å²) >= 11 is 12.3. The molecule has 106 valence electrons. The van der Waals surface area contributed by atoms with E-state index in [1.165, 1.54) is 0 Å². The fraction of sp³-hybridized carbons (Fsp3) is 0.0667. The molecule has 0 aliphatic rings. The molecule has 6 heteroatoms. The molecule has 3 aromatic rings. The lowest BCUT2D eigenvalue weighted by atomic mass is 10.2. The number of nitrogens with zero attached hydrogens (tertiary/aromatic N) is 2. The second-order valence-electron chi connectivity index (χ2n) is 4.60. The van der Waals surface area contributed by atoms with Crippen molar-refractivity contribution in [3.63, 3.8) is 0 Å². The molecule has 0 fully saturated rings. The van der Waals surface area contributed by atoms with Gasteiger partial charge in [0.15, 0.2) is 0 Å². The van der Waals surface area contributed by atoms with Gasteiger partial charge in [0.1, 0.15) is 5.82 Å². The van der Waals surface area contributed by atoms with Crippen LogP contribution < -0.4 is 0 Å². The van der Waals surface area contributed by atoms with Gasteiger partial charge in [-0.05, 0) is 43.3 Å². The van der Waals surface area contributed by atoms with Crippen LogP contribution in [0.1, 0.15) is 16.2 Å². The highest BCUT2D eigenvalue weighted by molar-refractivity contribution is 6.34. The molecule has 0 aliphatic heterocycles. The van der Waals surface area contributed by atoms with E-state index >= 15 is 0 Å². The smallest absolute Gasteiger partial charge is 0.335 e. The van der Waals surface area contributed by atoms with Crippen molar-refractivity contribution in [1.29, 1.82) is 0 Å². The molecule has 1 N–H and O–H groups in total. The van der Waals surface area contributed by atoms with E-state index in [0.717, 1.165) is 5.52 Å². The van der Waals surface area contributed by atoms with Crippen molar-refractivity contribution in [2.45, 2.75) is 6.92 Å². The van der Waals surface area contributed by atoms with Gasteiger partial charge in [0, 0.05) is 5.02 Å². The van der Waals surface area contributed by atoms with Crippen LogP contribution in [-0.2, 0) is 0 Å². The Morgan fingerprint density at radius 1 is 1.19 bits per heavy atom. The van der Waals surface area contributed by atoms with Crippen LogP contribution in [0.15, 0.2) is 36.4 Å². The van der Waals surface area contributed by atoms with Crippen LogP contribution in [0.3, 0.4) is 0 Å². The molecule has 21 heavy (non-hydrogen) atoms. The molecule has 3 rings (SSSR count). The van der Waals surface area contributed by atoms with Gasteiger partial charge in [-0.25, -0.2) is 9.78 Å². The van der Waals surface area contributed by atoms with E-state index in [2.05, 4.69) is 4.98 Å². The monoisotopic (exact) mass is 320 g/mol. The molecule has 0 amide bonds. The maximum atomic E-state index is 11.0. The number of carbonyl (C=O) groups is 1. The SMILES string of the molecule is Cc1nc2cc(C(=O)O)ccc2n1-c1cc(Cl)ccc1Cl. The summed E-state index contributed by atoms with van der Waals surface area (Å²) in [5.41, 5.74) is 2.29. The standard InChI is InChI=1S/C15H10Cl2N2O2/c1-8-18-12-6-9(15(20)21)2-5-13(12)19(8)14-7-10(16)3-4-11(14)17/h2-7H,1H3,(H,20,21). The van der Waals surface area contributed by atoms with Crippen LogP contribution >= 0.6 is 23.2 Å². The van der Waals surface area contributed by atoms with Crippen molar-refractivity contribution in [2.75, 3.05) is 0 Å².